The average molecular weight is 194 g/mol. The number of benzene rings is 1. The standard InChI is InChI=1S/C11H15FN2/c12-9-5-4-8(7-10(9)13)11-3-1-2-6-14-11/h4-5,7,11,14H,1-3,6,13H2. The molecule has 14 heavy (non-hydrogen) atoms. The Morgan fingerprint density at radius 1 is 1.36 bits per heavy atom. The van der Waals surface area contributed by atoms with E-state index in [0.717, 1.165) is 18.5 Å². The van der Waals surface area contributed by atoms with Crippen molar-refractivity contribution < 1.29 is 4.39 Å². The quantitative estimate of drug-likeness (QED) is 0.673. The number of piperidine rings is 1. The van der Waals surface area contributed by atoms with Crippen LogP contribution in [-0.4, -0.2) is 6.54 Å². The lowest BCUT2D eigenvalue weighted by atomic mass is 9.97. The van der Waals surface area contributed by atoms with E-state index in [9.17, 15) is 4.39 Å². The van der Waals surface area contributed by atoms with E-state index in [0.29, 0.717) is 6.04 Å². The normalized spacial score (nSPS) is 22.2. The van der Waals surface area contributed by atoms with Gasteiger partial charge in [-0.15, -0.1) is 0 Å². The summed E-state index contributed by atoms with van der Waals surface area (Å²) in [7, 11) is 0. The molecule has 1 fully saturated rings. The number of halogens is 1. The van der Waals surface area contributed by atoms with E-state index in [1.807, 2.05) is 6.07 Å². The predicted octanol–water partition coefficient (Wildman–Crippen LogP) is 2.22. The Morgan fingerprint density at radius 2 is 2.21 bits per heavy atom. The first-order valence-electron chi connectivity index (χ1n) is 5.05. The highest BCUT2D eigenvalue weighted by Crippen LogP contribution is 2.25. The molecular weight excluding hydrogens is 179 g/mol. The van der Waals surface area contributed by atoms with Gasteiger partial charge in [-0.05, 0) is 37.1 Å². The molecule has 3 heteroatoms. The van der Waals surface area contributed by atoms with Crippen molar-refractivity contribution in [3.63, 3.8) is 0 Å². The van der Waals surface area contributed by atoms with Gasteiger partial charge in [0.25, 0.3) is 0 Å². The molecule has 0 amide bonds. The molecule has 1 aromatic carbocycles. The molecule has 2 rings (SSSR count). The van der Waals surface area contributed by atoms with Crippen molar-refractivity contribution in [2.75, 3.05) is 12.3 Å². The maximum Gasteiger partial charge on any atom is 0.146 e. The Morgan fingerprint density at radius 3 is 2.86 bits per heavy atom. The average Bonchev–Trinajstić information content (AvgIpc) is 2.23. The molecule has 0 aliphatic carbocycles. The fourth-order valence-electron chi connectivity index (χ4n) is 1.92. The number of anilines is 1. The highest BCUT2D eigenvalue weighted by molar-refractivity contribution is 5.43. The molecule has 1 atom stereocenters. The van der Waals surface area contributed by atoms with E-state index < -0.39 is 0 Å². The molecular formula is C11H15FN2. The number of hydrogen-bond donors (Lipinski definition) is 2. The Bertz CT molecular complexity index is 319. The molecule has 1 aromatic rings. The van der Waals surface area contributed by atoms with Crippen LogP contribution in [0.1, 0.15) is 30.9 Å². The summed E-state index contributed by atoms with van der Waals surface area (Å²) in [5.74, 6) is -0.329. The van der Waals surface area contributed by atoms with Crippen LogP contribution < -0.4 is 11.1 Å². The minimum absolute atomic E-state index is 0.245. The van der Waals surface area contributed by atoms with E-state index in [1.165, 1.54) is 18.9 Å². The molecule has 1 aliphatic heterocycles. The Hall–Kier alpha value is -1.09. The molecule has 0 aromatic heterocycles. The molecule has 0 spiro atoms. The minimum Gasteiger partial charge on any atom is -0.396 e. The van der Waals surface area contributed by atoms with Gasteiger partial charge < -0.3 is 11.1 Å². The van der Waals surface area contributed by atoms with Gasteiger partial charge >= 0.3 is 0 Å². The largest absolute Gasteiger partial charge is 0.396 e. The van der Waals surface area contributed by atoms with Crippen LogP contribution in [0.2, 0.25) is 0 Å². The number of nitrogen functional groups attached to an aromatic ring is 1. The SMILES string of the molecule is Nc1cc(C2CCCCN2)ccc1F. The fourth-order valence-corrected chi connectivity index (χ4v) is 1.92. The van der Waals surface area contributed by atoms with Gasteiger partial charge in [0.05, 0.1) is 5.69 Å². The highest BCUT2D eigenvalue weighted by atomic mass is 19.1. The lowest BCUT2D eigenvalue weighted by Crippen LogP contribution is -2.26. The van der Waals surface area contributed by atoms with Crippen LogP contribution in [0.15, 0.2) is 18.2 Å². The number of nitrogens with two attached hydrogens (primary N) is 1. The Kier molecular flexibility index (Phi) is 2.68. The first-order valence-corrected chi connectivity index (χ1v) is 5.05. The molecule has 1 unspecified atom stereocenters. The minimum atomic E-state index is -0.329. The van der Waals surface area contributed by atoms with Crippen LogP contribution in [0.3, 0.4) is 0 Å². The summed E-state index contributed by atoms with van der Waals surface area (Å²) < 4.78 is 12.9. The van der Waals surface area contributed by atoms with Crippen LogP contribution in [0.25, 0.3) is 0 Å². The summed E-state index contributed by atoms with van der Waals surface area (Å²) in [6, 6.07) is 5.35. The fraction of sp³-hybridized carbons (Fsp3) is 0.455. The molecule has 1 saturated heterocycles. The van der Waals surface area contributed by atoms with Gasteiger partial charge in [-0.2, -0.15) is 0 Å². The second-order valence-corrected chi connectivity index (χ2v) is 3.78. The maximum absolute atomic E-state index is 12.9. The first kappa shape index (κ1) is 9.46. The lowest BCUT2D eigenvalue weighted by molar-refractivity contribution is 0.412. The monoisotopic (exact) mass is 194 g/mol. The third-order valence-corrected chi connectivity index (χ3v) is 2.73. The van der Waals surface area contributed by atoms with Gasteiger partial charge in [-0.25, -0.2) is 4.39 Å². The van der Waals surface area contributed by atoms with Crippen LogP contribution in [0.4, 0.5) is 10.1 Å². The zero-order valence-electron chi connectivity index (χ0n) is 8.09. The van der Waals surface area contributed by atoms with Crippen molar-refractivity contribution in [1.29, 1.82) is 0 Å². The van der Waals surface area contributed by atoms with E-state index in [2.05, 4.69) is 5.32 Å². The van der Waals surface area contributed by atoms with Crippen molar-refractivity contribution in [3.8, 4) is 0 Å². The lowest BCUT2D eigenvalue weighted by Gasteiger charge is -2.24. The van der Waals surface area contributed by atoms with Crippen molar-refractivity contribution >= 4 is 5.69 Å². The molecule has 3 N–H and O–H groups in total. The van der Waals surface area contributed by atoms with Gasteiger partial charge in [0.2, 0.25) is 0 Å². The van der Waals surface area contributed by atoms with Crippen molar-refractivity contribution in [2.45, 2.75) is 25.3 Å². The summed E-state index contributed by atoms with van der Waals surface area (Å²) in [6.07, 6.45) is 3.58. The maximum atomic E-state index is 12.9. The Balaban J connectivity index is 2.18. The van der Waals surface area contributed by atoms with E-state index in [-0.39, 0.29) is 11.5 Å². The summed E-state index contributed by atoms with van der Waals surface area (Å²) >= 11 is 0. The topological polar surface area (TPSA) is 38.0 Å². The third kappa shape index (κ3) is 1.87. The van der Waals surface area contributed by atoms with E-state index in [4.69, 9.17) is 5.73 Å². The molecule has 76 valence electrons. The van der Waals surface area contributed by atoms with Crippen LogP contribution in [0.5, 0.6) is 0 Å². The zero-order valence-corrected chi connectivity index (χ0v) is 8.09. The van der Waals surface area contributed by atoms with Gasteiger partial charge in [-0.1, -0.05) is 12.5 Å². The van der Waals surface area contributed by atoms with Gasteiger partial charge in [-0.3, -0.25) is 0 Å². The van der Waals surface area contributed by atoms with Crippen LogP contribution in [-0.2, 0) is 0 Å². The van der Waals surface area contributed by atoms with E-state index in [1.54, 1.807) is 6.07 Å². The highest BCUT2D eigenvalue weighted by Gasteiger charge is 2.15. The van der Waals surface area contributed by atoms with Crippen LogP contribution >= 0.6 is 0 Å². The summed E-state index contributed by atoms with van der Waals surface area (Å²) in [5.41, 5.74) is 6.87. The Labute approximate surface area is 83.3 Å². The summed E-state index contributed by atoms with van der Waals surface area (Å²) in [6.45, 7) is 1.04. The number of hydrogen-bond acceptors (Lipinski definition) is 2. The van der Waals surface area contributed by atoms with Gasteiger partial charge in [0, 0.05) is 6.04 Å². The molecule has 2 nitrogen and oxygen atoms in total. The van der Waals surface area contributed by atoms with Gasteiger partial charge in [0.15, 0.2) is 0 Å². The molecule has 0 saturated carbocycles. The van der Waals surface area contributed by atoms with Crippen molar-refractivity contribution in [1.82, 2.24) is 5.32 Å². The molecule has 1 aliphatic rings. The molecule has 0 radical (unpaired) electrons. The van der Waals surface area contributed by atoms with Gasteiger partial charge in [0.1, 0.15) is 5.82 Å². The summed E-state index contributed by atoms with van der Waals surface area (Å²) in [5, 5.41) is 3.40. The second-order valence-electron chi connectivity index (χ2n) is 3.78. The number of nitrogens with one attached hydrogen (secondary N) is 1. The third-order valence-electron chi connectivity index (χ3n) is 2.73. The molecule has 0 bridgehead atoms. The predicted molar refractivity (Wildman–Crippen MR) is 55.4 cm³/mol. The summed E-state index contributed by atoms with van der Waals surface area (Å²) in [4.78, 5) is 0. The first-order chi connectivity index (χ1) is 6.77. The van der Waals surface area contributed by atoms with Crippen molar-refractivity contribution in [2.24, 2.45) is 0 Å². The zero-order chi connectivity index (χ0) is 9.97. The van der Waals surface area contributed by atoms with Crippen LogP contribution in [0, 0.1) is 5.82 Å². The molecule has 1 heterocycles. The van der Waals surface area contributed by atoms with E-state index >= 15 is 0 Å². The number of rotatable bonds is 1. The smallest absolute Gasteiger partial charge is 0.146 e. The second kappa shape index (κ2) is 3.96. The van der Waals surface area contributed by atoms with Crippen molar-refractivity contribution in [3.05, 3.63) is 29.6 Å².